The molecule has 0 saturated heterocycles. The molecule has 1 heterocycles. The molecule has 0 spiro atoms. The van der Waals surface area contributed by atoms with Gasteiger partial charge in [-0.15, -0.1) is 0 Å². The maximum absolute atomic E-state index is 12.4. The number of para-hydroxylation sites is 2. The number of hydrogen-bond donors (Lipinski definition) is 1. The van der Waals surface area contributed by atoms with Crippen molar-refractivity contribution in [2.24, 2.45) is 5.92 Å². The summed E-state index contributed by atoms with van der Waals surface area (Å²) < 4.78 is 2.20. The van der Waals surface area contributed by atoms with Gasteiger partial charge >= 0.3 is 0 Å². The van der Waals surface area contributed by atoms with Gasteiger partial charge in [0.15, 0.2) is 0 Å². The molecule has 1 aromatic heterocycles. The highest BCUT2D eigenvalue weighted by Gasteiger charge is 2.16. The standard InChI is InChI=1S/C22H27N3O/c1-4-18(5-2)22(26)23-14-21-24-19-8-6-7-9-20(19)25(21)15-17-12-10-16(3)11-13-17/h6-13,18H,4-5,14-15H2,1-3H3,(H,23,26). The van der Waals surface area contributed by atoms with Gasteiger partial charge in [0.2, 0.25) is 5.91 Å². The lowest BCUT2D eigenvalue weighted by Crippen LogP contribution is -2.30. The molecule has 1 N–H and O–H groups in total. The topological polar surface area (TPSA) is 46.9 Å². The van der Waals surface area contributed by atoms with Gasteiger partial charge in [-0.3, -0.25) is 4.79 Å². The molecule has 0 saturated carbocycles. The fourth-order valence-corrected chi connectivity index (χ4v) is 3.28. The molecule has 1 amide bonds. The predicted molar refractivity (Wildman–Crippen MR) is 106 cm³/mol. The van der Waals surface area contributed by atoms with Crippen LogP contribution < -0.4 is 5.32 Å². The maximum Gasteiger partial charge on any atom is 0.223 e. The number of carbonyl (C=O) groups is 1. The van der Waals surface area contributed by atoms with Crippen molar-refractivity contribution >= 4 is 16.9 Å². The zero-order valence-corrected chi connectivity index (χ0v) is 15.8. The van der Waals surface area contributed by atoms with Gasteiger partial charge in [0, 0.05) is 12.5 Å². The first-order chi connectivity index (χ1) is 12.6. The van der Waals surface area contributed by atoms with E-state index < -0.39 is 0 Å². The molecule has 136 valence electrons. The molecule has 0 atom stereocenters. The summed E-state index contributed by atoms with van der Waals surface area (Å²) in [7, 11) is 0. The van der Waals surface area contributed by atoms with Crippen LogP contribution in [0.2, 0.25) is 0 Å². The van der Waals surface area contributed by atoms with Gasteiger partial charge in [-0.1, -0.05) is 55.8 Å². The number of aromatic nitrogens is 2. The number of aryl methyl sites for hydroxylation is 1. The molecule has 0 aliphatic rings. The van der Waals surface area contributed by atoms with Crippen LogP contribution in [0.4, 0.5) is 0 Å². The molecule has 0 fully saturated rings. The van der Waals surface area contributed by atoms with E-state index in [1.54, 1.807) is 0 Å². The summed E-state index contributed by atoms with van der Waals surface area (Å²) in [6, 6.07) is 16.7. The number of imidazole rings is 1. The van der Waals surface area contributed by atoms with Crippen LogP contribution in [0.15, 0.2) is 48.5 Å². The first-order valence-corrected chi connectivity index (χ1v) is 9.39. The van der Waals surface area contributed by atoms with E-state index in [9.17, 15) is 4.79 Å². The summed E-state index contributed by atoms with van der Waals surface area (Å²) in [6.45, 7) is 7.41. The van der Waals surface area contributed by atoms with E-state index >= 15 is 0 Å². The molecule has 2 aromatic carbocycles. The third kappa shape index (κ3) is 3.96. The molecule has 26 heavy (non-hydrogen) atoms. The van der Waals surface area contributed by atoms with Gasteiger partial charge in [0.05, 0.1) is 17.6 Å². The summed E-state index contributed by atoms with van der Waals surface area (Å²) in [5.41, 5.74) is 4.54. The van der Waals surface area contributed by atoms with Crippen LogP contribution in [0.1, 0.15) is 43.6 Å². The van der Waals surface area contributed by atoms with E-state index in [1.165, 1.54) is 11.1 Å². The molecule has 0 bridgehead atoms. The van der Waals surface area contributed by atoms with Crippen molar-refractivity contribution in [2.75, 3.05) is 0 Å². The Hall–Kier alpha value is -2.62. The highest BCUT2D eigenvalue weighted by Crippen LogP contribution is 2.18. The third-order valence-corrected chi connectivity index (χ3v) is 4.97. The van der Waals surface area contributed by atoms with Crippen molar-refractivity contribution in [3.8, 4) is 0 Å². The lowest BCUT2D eigenvalue weighted by atomic mass is 10.0. The quantitative estimate of drug-likeness (QED) is 0.685. The van der Waals surface area contributed by atoms with Crippen molar-refractivity contribution in [1.82, 2.24) is 14.9 Å². The van der Waals surface area contributed by atoms with Crippen molar-refractivity contribution in [2.45, 2.75) is 46.7 Å². The monoisotopic (exact) mass is 349 g/mol. The highest BCUT2D eigenvalue weighted by molar-refractivity contribution is 5.79. The molecule has 0 radical (unpaired) electrons. The van der Waals surface area contributed by atoms with E-state index in [4.69, 9.17) is 4.98 Å². The second-order valence-corrected chi connectivity index (χ2v) is 6.82. The zero-order chi connectivity index (χ0) is 18.5. The summed E-state index contributed by atoms with van der Waals surface area (Å²) in [6.07, 6.45) is 1.73. The fraction of sp³-hybridized carbons (Fsp3) is 0.364. The normalized spacial score (nSPS) is 11.2. The Morgan fingerprint density at radius 3 is 2.46 bits per heavy atom. The van der Waals surface area contributed by atoms with Crippen LogP contribution in [0, 0.1) is 12.8 Å². The van der Waals surface area contributed by atoms with Crippen molar-refractivity contribution < 1.29 is 4.79 Å². The van der Waals surface area contributed by atoms with Crippen LogP contribution in [-0.2, 0) is 17.9 Å². The van der Waals surface area contributed by atoms with Crippen LogP contribution in [0.25, 0.3) is 11.0 Å². The molecule has 0 aliphatic carbocycles. The Labute approximate surface area is 155 Å². The van der Waals surface area contributed by atoms with Gasteiger partial charge in [-0.05, 0) is 37.5 Å². The van der Waals surface area contributed by atoms with E-state index in [-0.39, 0.29) is 11.8 Å². The van der Waals surface area contributed by atoms with Gasteiger partial charge in [-0.2, -0.15) is 0 Å². The van der Waals surface area contributed by atoms with Crippen molar-refractivity contribution in [3.63, 3.8) is 0 Å². The van der Waals surface area contributed by atoms with Crippen molar-refractivity contribution in [3.05, 3.63) is 65.5 Å². The zero-order valence-electron chi connectivity index (χ0n) is 15.8. The molecular weight excluding hydrogens is 322 g/mol. The average Bonchev–Trinajstić information content (AvgIpc) is 3.00. The number of fused-ring (bicyclic) bond motifs is 1. The number of nitrogens with one attached hydrogen (secondary N) is 1. The van der Waals surface area contributed by atoms with Gasteiger partial charge in [0.1, 0.15) is 5.82 Å². The van der Waals surface area contributed by atoms with Crippen LogP contribution in [0.5, 0.6) is 0 Å². The SMILES string of the molecule is CCC(CC)C(=O)NCc1nc2ccccc2n1Cc1ccc(C)cc1. The summed E-state index contributed by atoms with van der Waals surface area (Å²) in [4.78, 5) is 17.1. The Morgan fingerprint density at radius 2 is 1.77 bits per heavy atom. The number of benzene rings is 2. The average molecular weight is 349 g/mol. The molecule has 3 rings (SSSR count). The second kappa shape index (κ2) is 8.17. The summed E-state index contributed by atoms with van der Waals surface area (Å²) in [5, 5.41) is 3.07. The van der Waals surface area contributed by atoms with Crippen molar-refractivity contribution in [1.29, 1.82) is 0 Å². The Kier molecular flexibility index (Phi) is 5.71. The fourth-order valence-electron chi connectivity index (χ4n) is 3.28. The number of hydrogen-bond acceptors (Lipinski definition) is 2. The minimum absolute atomic E-state index is 0.0740. The minimum Gasteiger partial charge on any atom is -0.349 e. The van der Waals surface area contributed by atoms with Gasteiger partial charge in [0.25, 0.3) is 0 Å². The maximum atomic E-state index is 12.4. The molecule has 0 unspecified atom stereocenters. The Bertz CT molecular complexity index is 876. The van der Waals surface area contributed by atoms with E-state index in [2.05, 4.69) is 61.0 Å². The highest BCUT2D eigenvalue weighted by atomic mass is 16.1. The molecular formula is C22H27N3O. The molecule has 4 nitrogen and oxygen atoms in total. The Morgan fingerprint density at radius 1 is 1.08 bits per heavy atom. The smallest absolute Gasteiger partial charge is 0.223 e. The van der Waals surface area contributed by atoms with Gasteiger partial charge in [-0.25, -0.2) is 4.98 Å². The minimum atomic E-state index is 0.0740. The first-order valence-electron chi connectivity index (χ1n) is 9.39. The molecule has 0 aliphatic heterocycles. The molecule has 4 heteroatoms. The number of carbonyl (C=O) groups excluding carboxylic acids is 1. The number of amides is 1. The van der Waals surface area contributed by atoms with Crippen LogP contribution >= 0.6 is 0 Å². The lowest BCUT2D eigenvalue weighted by Gasteiger charge is -2.14. The van der Waals surface area contributed by atoms with Gasteiger partial charge < -0.3 is 9.88 Å². The first kappa shape index (κ1) is 18.2. The third-order valence-electron chi connectivity index (χ3n) is 4.97. The number of rotatable bonds is 7. The van der Waals surface area contributed by atoms with E-state index in [1.807, 2.05) is 18.2 Å². The number of nitrogens with zero attached hydrogens (tertiary/aromatic N) is 2. The van der Waals surface area contributed by atoms with E-state index in [0.717, 1.165) is 36.2 Å². The second-order valence-electron chi connectivity index (χ2n) is 6.82. The summed E-state index contributed by atoms with van der Waals surface area (Å²) in [5.74, 6) is 1.08. The van der Waals surface area contributed by atoms with Crippen LogP contribution in [0.3, 0.4) is 0 Å². The van der Waals surface area contributed by atoms with Crippen LogP contribution in [-0.4, -0.2) is 15.5 Å². The Balaban J connectivity index is 1.87. The van der Waals surface area contributed by atoms with E-state index in [0.29, 0.717) is 6.54 Å². The molecule has 3 aromatic rings. The lowest BCUT2D eigenvalue weighted by molar-refractivity contribution is -0.125. The largest absolute Gasteiger partial charge is 0.349 e. The summed E-state index contributed by atoms with van der Waals surface area (Å²) >= 11 is 0. The predicted octanol–water partition coefficient (Wildman–Crippen LogP) is 4.45.